The Morgan fingerprint density at radius 2 is 1.90 bits per heavy atom. The molecule has 0 unspecified atom stereocenters. The molecule has 3 N–H and O–H groups in total. The second-order valence-corrected chi connectivity index (χ2v) is 5.20. The van der Waals surface area contributed by atoms with Crippen molar-refractivity contribution in [2.24, 2.45) is 4.99 Å². The first kappa shape index (κ1) is 17.2. The molecule has 0 aliphatic rings. The lowest BCUT2D eigenvalue weighted by Gasteiger charge is -2.10. The van der Waals surface area contributed by atoms with Gasteiger partial charge < -0.3 is 16.0 Å². The zero-order valence-electron chi connectivity index (χ0n) is 12.2. The monoisotopic (exact) mass is 352 g/mol. The van der Waals surface area contributed by atoms with Crippen LogP contribution in [0.2, 0.25) is 0 Å². The normalized spacial score (nSPS) is 10.9. The number of guanidine groups is 1. The molecule has 1 aromatic carbocycles. The minimum Gasteiger partial charge on any atom is -0.356 e. The van der Waals surface area contributed by atoms with E-state index in [9.17, 15) is 4.79 Å². The van der Waals surface area contributed by atoms with Crippen LogP contribution in [0.4, 0.5) is 0 Å². The number of benzene rings is 1. The number of hydrogen-bond acceptors (Lipinski definition) is 2. The summed E-state index contributed by atoms with van der Waals surface area (Å²) in [6.45, 7) is 5.65. The third-order valence-corrected chi connectivity index (χ3v) is 3.20. The van der Waals surface area contributed by atoms with E-state index in [0.29, 0.717) is 18.7 Å². The first-order valence-electron chi connectivity index (χ1n) is 6.76. The Labute approximate surface area is 134 Å². The number of aliphatic imine (C=N–C) groups is 1. The van der Waals surface area contributed by atoms with Crippen molar-refractivity contribution in [2.45, 2.75) is 6.42 Å². The molecule has 0 saturated heterocycles. The van der Waals surface area contributed by atoms with E-state index in [-0.39, 0.29) is 5.91 Å². The molecule has 1 aromatic rings. The molecule has 0 aliphatic heterocycles. The molecule has 1 rings (SSSR count). The Morgan fingerprint density at radius 3 is 2.52 bits per heavy atom. The van der Waals surface area contributed by atoms with Gasteiger partial charge in [-0.3, -0.25) is 9.79 Å². The number of amides is 1. The fraction of sp³-hybridized carbons (Fsp3) is 0.333. The van der Waals surface area contributed by atoms with Crippen LogP contribution in [0.5, 0.6) is 0 Å². The number of rotatable bonds is 7. The number of hydrogen-bond donors (Lipinski definition) is 3. The van der Waals surface area contributed by atoms with E-state index in [0.717, 1.165) is 23.4 Å². The van der Waals surface area contributed by atoms with Crippen molar-refractivity contribution in [1.82, 2.24) is 16.0 Å². The fourth-order valence-electron chi connectivity index (χ4n) is 1.59. The number of halogens is 1. The summed E-state index contributed by atoms with van der Waals surface area (Å²) >= 11 is 3.34. The topological polar surface area (TPSA) is 65.5 Å². The summed E-state index contributed by atoms with van der Waals surface area (Å²) in [6, 6.07) is 7.29. The Bertz CT molecular complexity index is 485. The molecule has 21 heavy (non-hydrogen) atoms. The van der Waals surface area contributed by atoms with Gasteiger partial charge in [0.1, 0.15) is 0 Å². The molecular formula is C15H21BrN4O. The van der Waals surface area contributed by atoms with Gasteiger partial charge in [0.15, 0.2) is 5.96 Å². The maximum atomic E-state index is 11.9. The summed E-state index contributed by atoms with van der Waals surface area (Å²) in [4.78, 5) is 15.9. The van der Waals surface area contributed by atoms with Crippen LogP contribution in [0.1, 0.15) is 16.8 Å². The van der Waals surface area contributed by atoms with Crippen molar-refractivity contribution >= 4 is 27.8 Å². The maximum absolute atomic E-state index is 11.9. The zero-order chi connectivity index (χ0) is 15.5. The van der Waals surface area contributed by atoms with Crippen LogP contribution in [-0.4, -0.2) is 38.5 Å². The molecule has 0 aliphatic carbocycles. The molecule has 0 bridgehead atoms. The smallest absolute Gasteiger partial charge is 0.251 e. The zero-order valence-corrected chi connectivity index (χ0v) is 13.7. The largest absolute Gasteiger partial charge is 0.356 e. The van der Waals surface area contributed by atoms with Gasteiger partial charge in [0.05, 0.1) is 0 Å². The minimum absolute atomic E-state index is 0.0586. The third kappa shape index (κ3) is 6.94. The highest BCUT2D eigenvalue weighted by Crippen LogP contribution is 2.10. The lowest BCUT2D eigenvalue weighted by atomic mass is 10.2. The predicted octanol–water partition coefficient (Wildman–Crippen LogP) is 1.92. The van der Waals surface area contributed by atoms with Crippen molar-refractivity contribution in [1.29, 1.82) is 0 Å². The van der Waals surface area contributed by atoms with Crippen molar-refractivity contribution in [3.05, 3.63) is 47.0 Å². The first-order chi connectivity index (χ1) is 10.2. The van der Waals surface area contributed by atoms with Crippen molar-refractivity contribution in [2.75, 3.05) is 26.7 Å². The summed E-state index contributed by atoms with van der Waals surface area (Å²) in [5.41, 5.74) is 0.662. The Kier molecular flexibility index (Phi) is 8.19. The van der Waals surface area contributed by atoms with Gasteiger partial charge in [0.2, 0.25) is 0 Å². The number of carbonyl (C=O) groups is 1. The molecule has 5 nitrogen and oxygen atoms in total. The van der Waals surface area contributed by atoms with E-state index < -0.39 is 0 Å². The van der Waals surface area contributed by atoms with Gasteiger partial charge in [0.25, 0.3) is 5.91 Å². The molecule has 0 saturated carbocycles. The fourth-order valence-corrected chi connectivity index (χ4v) is 1.85. The van der Waals surface area contributed by atoms with Gasteiger partial charge in [-0.25, -0.2) is 0 Å². The lowest BCUT2D eigenvalue weighted by Crippen LogP contribution is -2.38. The third-order valence-electron chi connectivity index (χ3n) is 2.68. The molecule has 0 radical (unpaired) electrons. The average Bonchev–Trinajstić information content (AvgIpc) is 2.50. The number of nitrogens with one attached hydrogen (secondary N) is 3. The summed E-state index contributed by atoms with van der Waals surface area (Å²) in [5, 5.41) is 9.12. The second kappa shape index (κ2) is 9.99. The van der Waals surface area contributed by atoms with Crippen LogP contribution in [0.3, 0.4) is 0 Å². The molecule has 1 amide bonds. The molecular weight excluding hydrogens is 332 g/mol. The van der Waals surface area contributed by atoms with E-state index in [1.54, 1.807) is 25.3 Å². The Morgan fingerprint density at radius 1 is 1.24 bits per heavy atom. The highest BCUT2D eigenvalue weighted by atomic mass is 79.9. The van der Waals surface area contributed by atoms with Crippen LogP contribution >= 0.6 is 15.9 Å². The molecule has 114 valence electrons. The van der Waals surface area contributed by atoms with Gasteiger partial charge in [-0.05, 0) is 30.7 Å². The molecule has 6 heteroatoms. The van der Waals surface area contributed by atoms with E-state index in [1.807, 2.05) is 12.1 Å². The minimum atomic E-state index is -0.0586. The van der Waals surface area contributed by atoms with Gasteiger partial charge in [0, 0.05) is 36.7 Å². The number of nitrogens with zero attached hydrogens (tertiary/aromatic N) is 1. The van der Waals surface area contributed by atoms with Crippen LogP contribution in [0, 0.1) is 0 Å². The quantitative estimate of drug-likeness (QED) is 0.304. The molecule has 0 fully saturated rings. The Hall–Kier alpha value is -1.82. The van der Waals surface area contributed by atoms with Gasteiger partial charge >= 0.3 is 0 Å². The summed E-state index contributed by atoms with van der Waals surface area (Å²) in [5.74, 6) is 0.672. The highest BCUT2D eigenvalue weighted by Gasteiger charge is 2.03. The van der Waals surface area contributed by atoms with E-state index in [4.69, 9.17) is 0 Å². The van der Waals surface area contributed by atoms with Crippen LogP contribution < -0.4 is 16.0 Å². The molecule has 0 spiro atoms. The van der Waals surface area contributed by atoms with E-state index in [1.165, 1.54) is 0 Å². The highest BCUT2D eigenvalue weighted by molar-refractivity contribution is 9.10. The van der Waals surface area contributed by atoms with Crippen molar-refractivity contribution in [3.8, 4) is 0 Å². The predicted molar refractivity (Wildman–Crippen MR) is 90.7 cm³/mol. The Balaban J connectivity index is 2.20. The van der Waals surface area contributed by atoms with Gasteiger partial charge in [-0.1, -0.05) is 22.0 Å². The number of carbonyl (C=O) groups excluding carboxylic acids is 1. The molecule has 0 heterocycles. The van der Waals surface area contributed by atoms with E-state index >= 15 is 0 Å². The summed E-state index contributed by atoms with van der Waals surface area (Å²) in [7, 11) is 1.72. The summed E-state index contributed by atoms with van der Waals surface area (Å²) < 4.78 is 0.960. The molecule has 0 aromatic heterocycles. The maximum Gasteiger partial charge on any atom is 0.251 e. The summed E-state index contributed by atoms with van der Waals surface area (Å²) in [6.07, 6.45) is 2.59. The average molecular weight is 353 g/mol. The lowest BCUT2D eigenvalue weighted by molar-refractivity contribution is 0.0953. The van der Waals surface area contributed by atoms with Crippen LogP contribution in [-0.2, 0) is 0 Å². The second-order valence-electron chi connectivity index (χ2n) is 4.28. The first-order valence-corrected chi connectivity index (χ1v) is 7.56. The van der Waals surface area contributed by atoms with Crippen molar-refractivity contribution < 1.29 is 4.79 Å². The van der Waals surface area contributed by atoms with E-state index in [2.05, 4.69) is 43.5 Å². The molecule has 0 atom stereocenters. The van der Waals surface area contributed by atoms with Crippen molar-refractivity contribution in [3.63, 3.8) is 0 Å². The van der Waals surface area contributed by atoms with Crippen LogP contribution in [0.25, 0.3) is 0 Å². The van der Waals surface area contributed by atoms with Gasteiger partial charge in [-0.2, -0.15) is 0 Å². The van der Waals surface area contributed by atoms with Gasteiger partial charge in [-0.15, -0.1) is 6.58 Å². The standard InChI is InChI=1S/C15H21BrN4O/c1-3-9-19-15(17-2)20-11-4-10-18-14(21)12-5-7-13(16)8-6-12/h3,5-8H,1,4,9-11H2,2H3,(H,18,21)(H2,17,19,20). The SMILES string of the molecule is C=CCNC(=NC)NCCCNC(=O)c1ccc(Br)cc1. The van der Waals surface area contributed by atoms with Crippen LogP contribution in [0.15, 0.2) is 46.4 Å².